The Bertz CT molecular complexity index is 787. The Kier molecular flexibility index (Phi) is 3.44. The minimum absolute atomic E-state index is 0.160. The van der Waals surface area contributed by atoms with E-state index in [1.54, 1.807) is 0 Å². The van der Waals surface area contributed by atoms with Crippen LogP contribution in [-0.4, -0.2) is 16.1 Å². The molecule has 1 heterocycles. The number of nitrogens with zero attached hydrogens (tertiary/aromatic N) is 1. The predicted octanol–water partition coefficient (Wildman–Crippen LogP) is 3.11. The molecule has 0 unspecified atom stereocenters. The molecule has 0 aliphatic carbocycles. The summed E-state index contributed by atoms with van der Waals surface area (Å²) in [5.41, 5.74) is 4.71. The SMILES string of the molecule is Cc1ccc(CNC(=O)c2n[nH]c3ccc(C)cc23)cc1. The monoisotopic (exact) mass is 279 g/mol. The minimum atomic E-state index is -0.160. The van der Waals surface area contributed by atoms with Crippen molar-refractivity contribution in [1.29, 1.82) is 0 Å². The van der Waals surface area contributed by atoms with Crippen LogP contribution in [0.15, 0.2) is 42.5 Å². The van der Waals surface area contributed by atoms with Crippen LogP contribution in [0, 0.1) is 13.8 Å². The topological polar surface area (TPSA) is 57.8 Å². The third-order valence-corrected chi connectivity index (χ3v) is 3.51. The summed E-state index contributed by atoms with van der Waals surface area (Å²) in [6.07, 6.45) is 0. The van der Waals surface area contributed by atoms with E-state index in [2.05, 4.69) is 15.5 Å². The number of aromatic nitrogens is 2. The zero-order valence-electron chi connectivity index (χ0n) is 12.1. The van der Waals surface area contributed by atoms with Gasteiger partial charge in [-0.05, 0) is 31.5 Å². The van der Waals surface area contributed by atoms with Crippen LogP contribution in [-0.2, 0) is 6.54 Å². The highest BCUT2D eigenvalue weighted by atomic mass is 16.1. The van der Waals surface area contributed by atoms with E-state index in [9.17, 15) is 4.79 Å². The lowest BCUT2D eigenvalue weighted by atomic mass is 10.1. The molecule has 3 aromatic rings. The second kappa shape index (κ2) is 5.40. The zero-order valence-corrected chi connectivity index (χ0v) is 12.1. The van der Waals surface area contributed by atoms with Crippen molar-refractivity contribution in [3.63, 3.8) is 0 Å². The summed E-state index contributed by atoms with van der Waals surface area (Å²) in [6, 6.07) is 14.0. The predicted molar refractivity (Wildman–Crippen MR) is 83.2 cm³/mol. The molecular formula is C17H17N3O. The van der Waals surface area contributed by atoms with Crippen LogP contribution in [0.2, 0.25) is 0 Å². The second-order valence-electron chi connectivity index (χ2n) is 5.29. The molecule has 21 heavy (non-hydrogen) atoms. The maximum absolute atomic E-state index is 12.3. The first-order valence-corrected chi connectivity index (χ1v) is 6.92. The van der Waals surface area contributed by atoms with Gasteiger partial charge in [0.2, 0.25) is 0 Å². The normalized spacial score (nSPS) is 10.8. The van der Waals surface area contributed by atoms with Crippen molar-refractivity contribution >= 4 is 16.8 Å². The smallest absolute Gasteiger partial charge is 0.272 e. The Morgan fingerprint density at radius 2 is 1.81 bits per heavy atom. The Morgan fingerprint density at radius 3 is 2.57 bits per heavy atom. The Hall–Kier alpha value is -2.62. The average molecular weight is 279 g/mol. The molecule has 0 spiro atoms. The Labute approximate surface area is 123 Å². The number of hydrogen-bond acceptors (Lipinski definition) is 2. The Balaban J connectivity index is 1.78. The van der Waals surface area contributed by atoms with E-state index in [0.717, 1.165) is 22.0 Å². The van der Waals surface area contributed by atoms with Gasteiger partial charge >= 0.3 is 0 Å². The quantitative estimate of drug-likeness (QED) is 0.774. The van der Waals surface area contributed by atoms with E-state index in [-0.39, 0.29) is 5.91 Å². The zero-order chi connectivity index (χ0) is 14.8. The number of carbonyl (C=O) groups excluding carboxylic acids is 1. The van der Waals surface area contributed by atoms with Crippen molar-refractivity contribution < 1.29 is 4.79 Å². The molecule has 0 aliphatic heterocycles. The highest BCUT2D eigenvalue weighted by Crippen LogP contribution is 2.17. The lowest BCUT2D eigenvalue weighted by Gasteiger charge is -2.04. The fraction of sp³-hybridized carbons (Fsp3) is 0.176. The van der Waals surface area contributed by atoms with Crippen LogP contribution in [0.1, 0.15) is 27.2 Å². The molecule has 1 amide bonds. The fourth-order valence-corrected chi connectivity index (χ4v) is 2.27. The maximum atomic E-state index is 12.3. The van der Waals surface area contributed by atoms with E-state index in [1.807, 2.05) is 56.3 Å². The molecule has 106 valence electrons. The van der Waals surface area contributed by atoms with Crippen LogP contribution in [0.4, 0.5) is 0 Å². The molecule has 1 aromatic heterocycles. The molecule has 0 fully saturated rings. The van der Waals surface area contributed by atoms with Crippen molar-refractivity contribution in [2.45, 2.75) is 20.4 Å². The van der Waals surface area contributed by atoms with Gasteiger partial charge in [-0.25, -0.2) is 0 Å². The van der Waals surface area contributed by atoms with Crippen LogP contribution in [0.5, 0.6) is 0 Å². The number of carbonyl (C=O) groups is 1. The average Bonchev–Trinajstić information content (AvgIpc) is 2.89. The highest BCUT2D eigenvalue weighted by molar-refractivity contribution is 6.04. The van der Waals surface area contributed by atoms with Gasteiger partial charge in [-0.3, -0.25) is 9.89 Å². The van der Waals surface area contributed by atoms with Crippen molar-refractivity contribution in [2.24, 2.45) is 0 Å². The van der Waals surface area contributed by atoms with E-state index < -0.39 is 0 Å². The van der Waals surface area contributed by atoms with Crippen molar-refractivity contribution in [2.75, 3.05) is 0 Å². The van der Waals surface area contributed by atoms with Crippen LogP contribution >= 0.6 is 0 Å². The van der Waals surface area contributed by atoms with Gasteiger partial charge in [0.05, 0.1) is 5.52 Å². The van der Waals surface area contributed by atoms with E-state index >= 15 is 0 Å². The van der Waals surface area contributed by atoms with Crippen molar-refractivity contribution in [1.82, 2.24) is 15.5 Å². The van der Waals surface area contributed by atoms with Gasteiger partial charge in [0, 0.05) is 11.9 Å². The van der Waals surface area contributed by atoms with E-state index in [4.69, 9.17) is 0 Å². The molecule has 2 aromatic carbocycles. The van der Waals surface area contributed by atoms with Crippen LogP contribution in [0.3, 0.4) is 0 Å². The van der Waals surface area contributed by atoms with Gasteiger partial charge in [0.25, 0.3) is 5.91 Å². The summed E-state index contributed by atoms with van der Waals surface area (Å²) in [7, 11) is 0. The lowest BCUT2D eigenvalue weighted by molar-refractivity contribution is 0.0947. The van der Waals surface area contributed by atoms with Gasteiger partial charge < -0.3 is 5.32 Å². The van der Waals surface area contributed by atoms with Crippen molar-refractivity contribution in [3.8, 4) is 0 Å². The summed E-state index contributed by atoms with van der Waals surface area (Å²) in [4.78, 5) is 12.3. The molecule has 4 heteroatoms. The molecule has 3 rings (SSSR count). The molecular weight excluding hydrogens is 262 g/mol. The van der Waals surface area contributed by atoms with Crippen molar-refractivity contribution in [3.05, 3.63) is 64.8 Å². The first-order chi connectivity index (χ1) is 10.1. The molecule has 0 saturated carbocycles. The van der Waals surface area contributed by atoms with Gasteiger partial charge in [0.1, 0.15) is 0 Å². The lowest BCUT2D eigenvalue weighted by Crippen LogP contribution is -2.23. The number of H-pyrrole nitrogens is 1. The van der Waals surface area contributed by atoms with Gasteiger partial charge in [-0.2, -0.15) is 5.10 Å². The molecule has 0 aliphatic rings. The van der Waals surface area contributed by atoms with Gasteiger partial charge in [0.15, 0.2) is 5.69 Å². The van der Waals surface area contributed by atoms with Gasteiger partial charge in [-0.15, -0.1) is 0 Å². The number of nitrogens with one attached hydrogen (secondary N) is 2. The molecule has 0 bridgehead atoms. The first-order valence-electron chi connectivity index (χ1n) is 6.92. The standard InChI is InChI=1S/C17H17N3O/c1-11-3-6-13(7-4-11)10-18-17(21)16-14-9-12(2)5-8-15(14)19-20-16/h3-9H,10H2,1-2H3,(H,18,21)(H,19,20). The number of amides is 1. The van der Waals surface area contributed by atoms with Crippen LogP contribution < -0.4 is 5.32 Å². The largest absolute Gasteiger partial charge is 0.347 e. The van der Waals surface area contributed by atoms with E-state index in [0.29, 0.717) is 12.2 Å². The number of hydrogen-bond donors (Lipinski definition) is 2. The molecule has 0 atom stereocenters. The van der Waals surface area contributed by atoms with Gasteiger partial charge in [-0.1, -0.05) is 41.5 Å². The first kappa shape index (κ1) is 13.4. The number of aromatic amines is 1. The highest BCUT2D eigenvalue weighted by Gasteiger charge is 2.13. The minimum Gasteiger partial charge on any atom is -0.347 e. The molecule has 0 radical (unpaired) electrons. The number of fused-ring (bicyclic) bond motifs is 1. The third-order valence-electron chi connectivity index (χ3n) is 3.51. The van der Waals surface area contributed by atoms with Crippen LogP contribution in [0.25, 0.3) is 10.9 Å². The Morgan fingerprint density at radius 1 is 1.10 bits per heavy atom. The summed E-state index contributed by atoms with van der Waals surface area (Å²) >= 11 is 0. The molecule has 0 saturated heterocycles. The molecule has 4 nitrogen and oxygen atoms in total. The summed E-state index contributed by atoms with van der Waals surface area (Å²) in [5.74, 6) is -0.160. The summed E-state index contributed by atoms with van der Waals surface area (Å²) in [6.45, 7) is 4.54. The number of benzene rings is 2. The number of rotatable bonds is 3. The summed E-state index contributed by atoms with van der Waals surface area (Å²) < 4.78 is 0. The number of aryl methyl sites for hydroxylation is 2. The third kappa shape index (κ3) is 2.79. The fourth-order valence-electron chi connectivity index (χ4n) is 2.27. The van der Waals surface area contributed by atoms with E-state index in [1.165, 1.54) is 5.56 Å². The second-order valence-corrected chi connectivity index (χ2v) is 5.29. The summed E-state index contributed by atoms with van der Waals surface area (Å²) in [5, 5.41) is 10.8. The maximum Gasteiger partial charge on any atom is 0.272 e. The molecule has 2 N–H and O–H groups in total.